The van der Waals surface area contributed by atoms with E-state index in [9.17, 15) is 4.79 Å². The first kappa shape index (κ1) is 12.0. The van der Waals surface area contributed by atoms with Crippen molar-refractivity contribution >= 4 is 17.4 Å². The number of ketones is 1. The molecule has 0 aromatic heterocycles. The van der Waals surface area contributed by atoms with Gasteiger partial charge in [0, 0.05) is 5.02 Å². The Labute approximate surface area is 94.2 Å². The molecule has 0 amide bonds. The summed E-state index contributed by atoms with van der Waals surface area (Å²) >= 11 is 6.06. The molecule has 0 fully saturated rings. The molecule has 0 aliphatic rings. The second kappa shape index (κ2) is 4.64. The van der Waals surface area contributed by atoms with E-state index in [0.717, 1.165) is 11.1 Å². The van der Waals surface area contributed by atoms with Gasteiger partial charge < -0.3 is 10.5 Å². The summed E-state index contributed by atoms with van der Waals surface area (Å²) in [5.74, 6) is 0.371. The summed E-state index contributed by atoms with van der Waals surface area (Å²) in [6.07, 6.45) is 0. The molecule has 2 N–H and O–H groups in total. The molecule has 82 valence electrons. The third-order valence-corrected chi connectivity index (χ3v) is 2.91. The molecule has 0 saturated carbocycles. The van der Waals surface area contributed by atoms with Gasteiger partial charge in [-0.1, -0.05) is 11.6 Å². The average molecular weight is 228 g/mol. The summed E-state index contributed by atoms with van der Waals surface area (Å²) in [5.41, 5.74) is 7.43. The quantitative estimate of drug-likeness (QED) is 0.805. The summed E-state index contributed by atoms with van der Waals surface area (Å²) in [6, 6.07) is 1.75. The molecular weight excluding hydrogens is 214 g/mol. The highest BCUT2D eigenvalue weighted by Gasteiger charge is 2.17. The smallest absolute Gasteiger partial charge is 0.180 e. The van der Waals surface area contributed by atoms with Crippen molar-refractivity contribution in [2.45, 2.75) is 13.8 Å². The van der Waals surface area contributed by atoms with Gasteiger partial charge in [-0.25, -0.2) is 0 Å². The highest BCUT2D eigenvalue weighted by Crippen LogP contribution is 2.31. The molecule has 0 bridgehead atoms. The fourth-order valence-corrected chi connectivity index (χ4v) is 1.68. The molecule has 1 aromatic carbocycles. The Morgan fingerprint density at radius 2 is 2.13 bits per heavy atom. The van der Waals surface area contributed by atoms with Gasteiger partial charge in [0.15, 0.2) is 5.78 Å². The molecule has 0 aliphatic heterocycles. The van der Waals surface area contributed by atoms with Crippen molar-refractivity contribution in [2.75, 3.05) is 13.7 Å². The van der Waals surface area contributed by atoms with Gasteiger partial charge in [0.25, 0.3) is 0 Å². The molecule has 0 saturated heterocycles. The monoisotopic (exact) mass is 227 g/mol. The molecular formula is C11H14ClNO2. The number of hydrogen-bond donors (Lipinski definition) is 1. The van der Waals surface area contributed by atoms with Gasteiger partial charge in [0.1, 0.15) is 5.75 Å². The Kier molecular flexibility index (Phi) is 3.72. The molecule has 0 radical (unpaired) electrons. The molecule has 1 aromatic rings. The first-order valence-corrected chi connectivity index (χ1v) is 4.97. The van der Waals surface area contributed by atoms with E-state index in [4.69, 9.17) is 22.1 Å². The van der Waals surface area contributed by atoms with Crippen LogP contribution in [0.15, 0.2) is 6.07 Å². The minimum Gasteiger partial charge on any atom is -0.496 e. The normalized spacial score (nSPS) is 10.2. The Bertz CT molecular complexity index is 402. The highest BCUT2D eigenvalue weighted by atomic mass is 35.5. The molecule has 0 unspecified atom stereocenters. The number of ether oxygens (including phenoxy) is 1. The zero-order chi connectivity index (χ0) is 11.6. The lowest BCUT2D eigenvalue weighted by atomic mass is 10.0. The molecule has 4 heteroatoms. The van der Waals surface area contributed by atoms with E-state index in [-0.39, 0.29) is 12.3 Å². The number of hydrogen-bond acceptors (Lipinski definition) is 3. The number of aryl methyl sites for hydroxylation is 1. The maximum absolute atomic E-state index is 11.6. The first-order chi connectivity index (χ1) is 7.02. The Morgan fingerprint density at radius 3 is 2.60 bits per heavy atom. The molecule has 1 rings (SSSR count). The summed E-state index contributed by atoms with van der Waals surface area (Å²) < 4.78 is 5.15. The molecule has 0 aliphatic carbocycles. The van der Waals surface area contributed by atoms with Gasteiger partial charge in [-0.3, -0.25) is 4.79 Å². The lowest BCUT2D eigenvalue weighted by Crippen LogP contribution is -2.16. The van der Waals surface area contributed by atoms with Crippen LogP contribution in [0.5, 0.6) is 5.75 Å². The maximum atomic E-state index is 11.6. The maximum Gasteiger partial charge on any atom is 0.180 e. The van der Waals surface area contributed by atoms with Crippen molar-refractivity contribution in [3.8, 4) is 5.75 Å². The van der Waals surface area contributed by atoms with Crippen LogP contribution >= 0.6 is 11.6 Å². The number of carbonyl (C=O) groups is 1. The van der Waals surface area contributed by atoms with Crippen LogP contribution < -0.4 is 10.5 Å². The van der Waals surface area contributed by atoms with Gasteiger partial charge in [-0.2, -0.15) is 0 Å². The Hall–Kier alpha value is -1.06. The average Bonchev–Trinajstić information content (AvgIpc) is 2.24. The van der Waals surface area contributed by atoms with E-state index >= 15 is 0 Å². The zero-order valence-corrected chi connectivity index (χ0v) is 9.81. The van der Waals surface area contributed by atoms with Crippen molar-refractivity contribution in [2.24, 2.45) is 5.73 Å². The summed E-state index contributed by atoms with van der Waals surface area (Å²) in [5, 5.41) is 0.590. The lowest BCUT2D eigenvalue weighted by Gasteiger charge is -2.13. The lowest BCUT2D eigenvalue weighted by molar-refractivity contribution is 0.0998. The Morgan fingerprint density at radius 1 is 1.53 bits per heavy atom. The minimum atomic E-state index is -0.161. The summed E-state index contributed by atoms with van der Waals surface area (Å²) in [6.45, 7) is 3.62. The van der Waals surface area contributed by atoms with Crippen molar-refractivity contribution < 1.29 is 9.53 Å². The van der Waals surface area contributed by atoms with E-state index in [2.05, 4.69) is 0 Å². The SMILES string of the molecule is COc1cc(C)c(Cl)c(C)c1C(=O)CN. The van der Waals surface area contributed by atoms with E-state index in [1.807, 2.05) is 6.92 Å². The van der Waals surface area contributed by atoms with Gasteiger partial charge >= 0.3 is 0 Å². The Balaban J connectivity index is 3.47. The van der Waals surface area contributed by atoms with Crippen LogP contribution in [0, 0.1) is 13.8 Å². The number of Topliss-reactive ketones (excluding diaryl/α,β-unsaturated/α-hetero) is 1. The number of nitrogens with two attached hydrogens (primary N) is 1. The molecule has 0 atom stereocenters. The number of halogens is 1. The van der Waals surface area contributed by atoms with E-state index in [1.54, 1.807) is 13.0 Å². The van der Waals surface area contributed by atoms with Crippen LogP contribution in [0.2, 0.25) is 5.02 Å². The van der Waals surface area contributed by atoms with Crippen LogP contribution in [-0.4, -0.2) is 19.4 Å². The van der Waals surface area contributed by atoms with Crippen molar-refractivity contribution in [1.29, 1.82) is 0 Å². The second-order valence-electron chi connectivity index (χ2n) is 3.34. The molecule has 15 heavy (non-hydrogen) atoms. The second-order valence-corrected chi connectivity index (χ2v) is 3.71. The fourth-order valence-electron chi connectivity index (χ4n) is 1.53. The first-order valence-electron chi connectivity index (χ1n) is 4.59. The standard InChI is InChI=1S/C11H14ClNO2/c1-6-4-9(15-3)10(8(14)5-13)7(2)11(6)12/h4H,5,13H2,1-3H3. The predicted molar refractivity (Wildman–Crippen MR) is 60.9 cm³/mol. The molecule has 3 nitrogen and oxygen atoms in total. The van der Waals surface area contributed by atoms with Crippen LogP contribution in [-0.2, 0) is 0 Å². The number of methoxy groups -OCH3 is 1. The number of carbonyl (C=O) groups excluding carboxylic acids is 1. The van der Waals surface area contributed by atoms with Crippen LogP contribution in [0.3, 0.4) is 0 Å². The molecule has 0 heterocycles. The van der Waals surface area contributed by atoms with E-state index in [0.29, 0.717) is 16.3 Å². The minimum absolute atomic E-state index is 0.0450. The topological polar surface area (TPSA) is 52.3 Å². The fraction of sp³-hybridized carbons (Fsp3) is 0.364. The number of benzene rings is 1. The van der Waals surface area contributed by atoms with Crippen LogP contribution in [0.4, 0.5) is 0 Å². The molecule has 0 spiro atoms. The van der Waals surface area contributed by atoms with Gasteiger partial charge in [0.2, 0.25) is 0 Å². The third-order valence-electron chi connectivity index (χ3n) is 2.33. The van der Waals surface area contributed by atoms with Gasteiger partial charge in [0.05, 0.1) is 19.2 Å². The largest absolute Gasteiger partial charge is 0.496 e. The van der Waals surface area contributed by atoms with E-state index in [1.165, 1.54) is 7.11 Å². The van der Waals surface area contributed by atoms with Crippen molar-refractivity contribution in [1.82, 2.24) is 0 Å². The summed E-state index contributed by atoms with van der Waals surface area (Å²) in [7, 11) is 1.52. The van der Waals surface area contributed by atoms with Crippen LogP contribution in [0.1, 0.15) is 21.5 Å². The highest BCUT2D eigenvalue weighted by molar-refractivity contribution is 6.32. The van der Waals surface area contributed by atoms with Gasteiger partial charge in [-0.05, 0) is 31.0 Å². The summed E-state index contributed by atoms with van der Waals surface area (Å²) in [4.78, 5) is 11.6. The zero-order valence-electron chi connectivity index (χ0n) is 9.06. The number of rotatable bonds is 3. The predicted octanol–water partition coefficient (Wildman–Crippen LogP) is 2.11. The van der Waals surface area contributed by atoms with Crippen molar-refractivity contribution in [3.05, 3.63) is 27.8 Å². The van der Waals surface area contributed by atoms with Crippen molar-refractivity contribution in [3.63, 3.8) is 0 Å². The van der Waals surface area contributed by atoms with Gasteiger partial charge in [-0.15, -0.1) is 0 Å². The van der Waals surface area contributed by atoms with E-state index < -0.39 is 0 Å². The third kappa shape index (κ3) is 2.13. The van der Waals surface area contributed by atoms with Crippen LogP contribution in [0.25, 0.3) is 0 Å².